The lowest BCUT2D eigenvalue weighted by Gasteiger charge is -2.25. The van der Waals surface area contributed by atoms with Gasteiger partial charge in [0.2, 0.25) is 5.91 Å². The molecule has 0 aliphatic carbocycles. The molecule has 1 amide bonds. The van der Waals surface area contributed by atoms with Gasteiger partial charge in [-0.1, -0.05) is 0 Å². The van der Waals surface area contributed by atoms with Gasteiger partial charge in [-0.05, 0) is 32.9 Å². The molecular weight excluding hydrogens is 192 g/mol. The van der Waals surface area contributed by atoms with Crippen molar-refractivity contribution in [3.8, 4) is 0 Å². The molecule has 0 aliphatic rings. The van der Waals surface area contributed by atoms with Crippen molar-refractivity contribution < 1.29 is 4.79 Å². The average molecular weight is 210 g/mol. The molecule has 1 aromatic rings. The van der Waals surface area contributed by atoms with Crippen LogP contribution in [0.1, 0.15) is 19.8 Å². The zero-order valence-corrected chi connectivity index (χ0v) is 9.23. The number of amides is 1. The topological polar surface area (TPSA) is 72.9 Å². The standard InChI is InChI=1S/C10H18N4O/c1-10(12-2,9(11)15)5-3-7-14-8-4-6-13-14/h4,6,8,12H,3,5,7H2,1-2H3,(H2,11,15). The number of primary amides is 1. The third-order valence-electron chi connectivity index (χ3n) is 2.72. The molecule has 0 aliphatic heterocycles. The molecule has 1 rings (SSSR count). The summed E-state index contributed by atoms with van der Waals surface area (Å²) in [7, 11) is 1.75. The lowest BCUT2D eigenvalue weighted by atomic mass is 9.95. The molecule has 0 aromatic carbocycles. The smallest absolute Gasteiger partial charge is 0.237 e. The van der Waals surface area contributed by atoms with Gasteiger partial charge in [-0.3, -0.25) is 9.48 Å². The van der Waals surface area contributed by atoms with Crippen molar-refractivity contribution in [3.05, 3.63) is 18.5 Å². The van der Waals surface area contributed by atoms with E-state index in [-0.39, 0.29) is 5.91 Å². The van der Waals surface area contributed by atoms with Gasteiger partial charge in [0, 0.05) is 18.9 Å². The van der Waals surface area contributed by atoms with Crippen LogP contribution in [0, 0.1) is 0 Å². The molecule has 0 saturated heterocycles. The van der Waals surface area contributed by atoms with E-state index < -0.39 is 5.54 Å². The Labute approximate surface area is 89.6 Å². The maximum Gasteiger partial charge on any atom is 0.237 e. The minimum atomic E-state index is -0.618. The van der Waals surface area contributed by atoms with Gasteiger partial charge in [-0.15, -0.1) is 0 Å². The second kappa shape index (κ2) is 4.93. The Hall–Kier alpha value is -1.36. The van der Waals surface area contributed by atoms with Crippen molar-refractivity contribution in [1.82, 2.24) is 15.1 Å². The van der Waals surface area contributed by atoms with Crippen LogP contribution in [0.25, 0.3) is 0 Å². The van der Waals surface area contributed by atoms with E-state index in [1.165, 1.54) is 0 Å². The lowest BCUT2D eigenvalue weighted by molar-refractivity contribution is -0.123. The number of nitrogens with one attached hydrogen (secondary N) is 1. The molecule has 1 unspecified atom stereocenters. The van der Waals surface area contributed by atoms with Crippen LogP contribution in [-0.4, -0.2) is 28.3 Å². The summed E-state index contributed by atoms with van der Waals surface area (Å²) in [5.41, 5.74) is 4.70. The van der Waals surface area contributed by atoms with E-state index in [1.54, 1.807) is 13.2 Å². The molecule has 0 radical (unpaired) electrons. The number of carbonyl (C=O) groups is 1. The van der Waals surface area contributed by atoms with Crippen LogP contribution < -0.4 is 11.1 Å². The Bertz CT molecular complexity index is 309. The molecule has 5 heteroatoms. The number of aryl methyl sites for hydroxylation is 1. The minimum Gasteiger partial charge on any atom is -0.368 e. The number of nitrogens with zero attached hydrogens (tertiary/aromatic N) is 2. The van der Waals surface area contributed by atoms with Gasteiger partial charge < -0.3 is 11.1 Å². The fraction of sp³-hybridized carbons (Fsp3) is 0.600. The Morgan fingerprint density at radius 1 is 1.67 bits per heavy atom. The fourth-order valence-corrected chi connectivity index (χ4v) is 1.40. The molecule has 0 spiro atoms. The van der Waals surface area contributed by atoms with Crippen LogP contribution in [0.4, 0.5) is 0 Å². The summed E-state index contributed by atoms with van der Waals surface area (Å²) < 4.78 is 1.84. The zero-order chi connectivity index (χ0) is 11.3. The van der Waals surface area contributed by atoms with Crippen LogP contribution in [0.5, 0.6) is 0 Å². The van der Waals surface area contributed by atoms with E-state index in [4.69, 9.17) is 5.73 Å². The van der Waals surface area contributed by atoms with Crippen molar-refractivity contribution in [2.45, 2.75) is 31.8 Å². The molecular formula is C10H18N4O. The SMILES string of the molecule is CNC(C)(CCCn1cccn1)C(N)=O. The van der Waals surface area contributed by atoms with Crippen molar-refractivity contribution in [3.63, 3.8) is 0 Å². The van der Waals surface area contributed by atoms with Crippen molar-refractivity contribution in [2.75, 3.05) is 7.05 Å². The molecule has 15 heavy (non-hydrogen) atoms. The fourth-order valence-electron chi connectivity index (χ4n) is 1.40. The first kappa shape index (κ1) is 11.7. The minimum absolute atomic E-state index is 0.314. The van der Waals surface area contributed by atoms with Gasteiger partial charge in [0.1, 0.15) is 0 Å². The van der Waals surface area contributed by atoms with Gasteiger partial charge in [-0.25, -0.2) is 0 Å². The molecule has 0 fully saturated rings. The number of rotatable bonds is 6. The van der Waals surface area contributed by atoms with Gasteiger partial charge in [-0.2, -0.15) is 5.10 Å². The first-order valence-corrected chi connectivity index (χ1v) is 5.05. The van der Waals surface area contributed by atoms with Crippen molar-refractivity contribution in [2.24, 2.45) is 5.73 Å². The van der Waals surface area contributed by atoms with Crippen molar-refractivity contribution >= 4 is 5.91 Å². The predicted octanol–water partition coefficient (Wildman–Crippen LogP) is 0.127. The maximum absolute atomic E-state index is 11.2. The molecule has 0 bridgehead atoms. The van der Waals surface area contributed by atoms with E-state index in [2.05, 4.69) is 10.4 Å². The number of likely N-dealkylation sites (N-methyl/N-ethyl adjacent to an activating group) is 1. The average Bonchev–Trinajstić information content (AvgIpc) is 2.70. The number of hydrogen-bond acceptors (Lipinski definition) is 3. The zero-order valence-electron chi connectivity index (χ0n) is 9.23. The second-order valence-corrected chi connectivity index (χ2v) is 3.82. The van der Waals surface area contributed by atoms with Crippen LogP contribution in [0.15, 0.2) is 18.5 Å². The van der Waals surface area contributed by atoms with Gasteiger partial charge in [0.05, 0.1) is 5.54 Å². The highest BCUT2D eigenvalue weighted by Gasteiger charge is 2.27. The van der Waals surface area contributed by atoms with E-state index in [0.29, 0.717) is 6.42 Å². The van der Waals surface area contributed by atoms with E-state index in [1.807, 2.05) is 23.9 Å². The molecule has 1 aromatic heterocycles. The Morgan fingerprint density at radius 3 is 2.87 bits per heavy atom. The predicted molar refractivity (Wildman–Crippen MR) is 58.1 cm³/mol. The highest BCUT2D eigenvalue weighted by Crippen LogP contribution is 2.11. The molecule has 84 valence electrons. The number of hydrogen-bond donors (Lipinski definition) is 2. The summed E-state index contributed by atoms with van der Waals surface area (Å²) >= 11 is 0. The third-order valence-corrected chi connectivity index (χ3v) is 2.72. The summed E-state index contributed by atoms with van der Waals surface area (Å²) in [6, 6.07) is 1.88. The van der Waals surface area contributed by atoms with Crippen LogP contribution in [0.3, 0.4) is 0 Å². The first-order chi connectivity index (χ1) is 7.08. The normalized spacial score (nSPS) is 14.8. The van der Waals surface area contributed by atoms with Crippen molar-refractivity contribution in [1.29, 1.82) is 0 Å². The van der Waals surface area contributed by atoms with Gasteiger partial charge in [0.25, 0.3) is 0 Å². The summed E-state index contributed by atoms with van der Waals surface area (Å²) in [6.07, 6.45) is 5.22. The number of nitrogens with two attached hydrogens (primary N) is 1. The Kier molecular flexibility index (Phi) is 3.85. The quantitative estimate of drug-likeness (QED) is 0.700. The number of carbonyl (C=O) groups excluding carboxylic acids is 1. The molecule has 5 nitrogen and oxygen atoms in total. The molecule has 1 heterocycles. The van der Waals surface area contributed by atoms with E-state index in [0.717, 1.165) is 13.0 Å². The van der Waals surface area contributed by atoms with E-state index >= 15 is 0 Å². The summed E-state index contributed by atoms with van der Waals surface area (Å²) in [5.74, 6) is -0.314. The summed E-state index contributed by atoms with van der Waals surface area (Å²) in [4.78, 5) is 11.2. The largest absolute Gasteiger partial charge is 0.368 e. The molecule has 0 saturated carbocycles. The van der Waals surface area contributed by atoms with Crippen LogP contribution in [0.2, 0.25) is 0 Å². The monoisotopic (exact) mass is 210 g/mol. The van der Waals surface area contributed by atoms with E-state index in [9.17, 15) is 4.79 Å². The highest BCUT2D eigenvalue weighted by atomic mass is 16.1. The number of aromatic nitrogens is 2. The summed E-state index contributed by atoms with van der Waals surface area (Å²) in [6.45, 7) is 2.62. The Balaban J connectivity index is 2.38. The lowest BCUT2D eigenvalue weighted by Crippen LogP contribution is -2.51. The third kappa shape index (κ3) is 3.06. The van der Waals surface area contributed by atoms with Crippen LogP contribution >= 0.6 is 0 Å². The first-order valence-electron chi connectivity index (χ1n) is 5.05. The van der Waals surface area contributed by atoms with Crippen LogP contribution in [-0.2, 0) is 11.3 Å². The Morgan fingerprint density at radius 2 is 2.40 bits per heavy atom. The van der Waals surface area contributed by atoms with Gasteiger partial charge in [0.15, 0.2) is 0 Å². The molecule has 3 N–H and O–H groups in total. The second-order valence-electron chi connectivity index (χ2n) is 3.82. The summed E-state index contributed by atoms with van der Waals surface area (Å²) in [5, 5.41) is 7.04. The maximum atomic E-state index is 11.2. The van der Waals surface area contributed by atoms with Gasteiger partial charge >= 0.3 is 0 Å². The molecule has 1 atom stereocenters. The highest BCUT2D eigenvalue weighted by molar-refractivity contribution is 5.84.